The first-order valence-electron chi connectivity index (χ1n) is 26.9. The highest BCUT2D eigenvalue weighted by Crippen LogP contribution is 2.01. The Bertz CT molecular complexity index is 472. The zero-order valence-corrected chi connectivity index (χ0v) is 45.9. The minimum absolute atomic E-state index is 0.819. The molecule has 4 fully saturated rings. The third-order valence-electron chi connectivity index (χ3n) is 9.23. The van der Waals surface area contributed by atoms with Gasteiger partial charge in [-0.3, -0.25) is 0 Å². The van der Waals surface area contributed by atoms with Gasteiger partial charge in [-0.2, -0.15) is 0 Å². The summed E-state index contributed by atoms with van der Waals surface area (Å²) in [6.45, 7) is 51.8. The lowest BCUT2D eigenvalue weighted by Crippen LogP contribution is -2.21. The number of rotatable bonds is 6. The van der Waals surface area contributed by atoms with E-state index in [0.29, 0.717) is 0 Å². The van der Waals surface area contributed by atoms with E-state index in [9.17, 15) is 0 Å². The van der Waals surface area contributed by atoms with Gasteiger partial charge in [0.25, 0.3) is 0 Å². The first kappa shape index (κ1) is 76.8. The Morgan fingerprint density at radius 2 is 0.567 bits per heavy atom. The van der Waals surface area contributed by atoms with Crippen LogP contribution < -0.4 is 32.3 Å². The van der Waals surface area contributed by atoms with Crippen molar-refractivity contribution < 1.29 is 0 Å². The van der Waals surface area contributed by atoms with Crippen molar-refractivity contribution in [2.24, 2.45) is 23.5 Å². The Morgan fingerprint density at radius 1 is 0.350 bits per heavy atom. The predicted molar refractivity (Wildman–Crippen MR) is 287 cm³/mol. The summed E-state index contributed by atoms with van der Waals surface area (Å²) in [5.41, 5.74) is 5.03. The van der Waals surface area contributed by atoms with Crippen molar-refractivity contribution in [3.63, 3.8) is 0 Å². The fourth-order valence-electron chi connectivity index (χ4n) is 3.60. The molecular formula is C54H128N6. The first-order chi connectivity index (χ1) is 29.1. The predicted octanol–water partition coefficient (Wildman–Crippen LogP) is 15.4. The second kappa shape index (κ2) is 89.5. The summed E-state index contributed by atoms with van der Waals surface area (Å²) in [4.78, 5) is 0. The zero-order valence-electron chi connectivity index (χ0n) is 45.9. The molecule has 0 unspecified atom stereocenters. The van der Waals surface area contributed by atoms with E-state index in [-0.39, 0.29) is 0 Å². The lowest BCUT2D eigenvalue weighted by molar-refractivity contribution is 0.520. The molecule has 0 aliphatic carbocycles. The Morgan fingerprint density at radius 3 is 0.667 bits per heavy atom. The normalized spacial score (nSPS) is 15.4. The molecule has 0 radical (unpaired) electrons. The summed E-state index contributed by atoms with van der Waals surface area (Å²) in [5, 5.41) is 16.3. The van der Waals surface area contributed by atoms with Crippen LogP contribution in [0.3, 0.4) is 0 Å². The lowest BCUT2D eigenvalue weighted by Gasteiger charge is -2.08. The fraction of sp³-hybridized carbons (Fsp3) is 0.963. The summed E-state index contributed by atoms with van der Waals surface area (Å²) in [6, 6.07) is 0. The van der Waals surface area contributed by atoms with Gasteiger partial charge in [0.2, 0.25) is 0 Å². The molecule has 0 aromatic carbocycles. The molecule has 0 amide bonds. The summed E-state index contributed by atoms with van der Waals surface area (Å²) in [7, 11) is 0. The summed E-state index contributed by atoms with van der Waals surface area (Å²) in [6.07, 6.45) is 31.3. The van der Waals surface area contributed by atoms with Gasteiger partial charge in [-0.05, 0) is 147 Å². The second-order valence-corrected chi connectivity index (χ2v) is 16.5. The van der Waals surface area contributed by atoms with E-state index in [2.05, 4.69) is 136 Å². The van der Waals surface area contributed by atoms with Gasteiger partial charge in [0.05, 0.1) is 0 Å². The van der Waals surface area contributed by atoms with E-state index in [1.165, 1.54) is 174 Å². The van der Waals surface area contributed by atoms with E-state index < -0.39 is 0 Å². The molecule has 5 aliphatic heterocycles. The van der Waals surface area contributed by atoms with E-state index in [1.807, 2.05) is 27.7 Å². The fourth-order valence-corrected chi connectivity index (χ4v) is 3.60. The molecule has 0 saturated carbocycles. The molecule has 374 valence electrons. The zero-order chi connectivity index (χ0) is 47.6. The monoisotopic (exact) mass is 861 g/mol. The van der Waals surface area contributed by atoms with Crippen molar-refractivity contribution in [2.45, 2.75) is 253 Å². The van der Waals surface area contributed by atoms with Crippen LogP contribution >= 0.6 is 0 Å². The van der Waals surface area contributed by atoms with Gasteiger partial charge < -0.3 is 32.3 Å². The number of hydrogen-bond donors (Lipinski definition) is 6. The minimum atomic E-state index is 0.819. The van der Waals surface area contributed by atoms with Crippen LogP contribution in [-0.4, -0.2) is 72.0 Å². The van der Waals surface area contributed by atoms with Crippen molar-refractivity contribution in [3.8, 4) is 0 Å². The molecule has 60 heavy (non-hydrogen) atoms. The van der Waals surface area contributed by atoms with Crippen LogP contribution in [0.2, 0.25) is 0 Å². The van der Waals surface area contributed by atoms with Crippen LogP contribution in [-0.2, 0) is 0 Å². The number of nitrogens with two attached hydrogens (primary N) is 1. The van der Waals surface area contributed by atoms with Crippen LogP contribution in [0.5, 0.6) is 0 Å². The van der Waals surface area contributed by atoms with E-state index in [4.69, 9.17) is 5.73 Å². The van der Waals surface area contributed by atoms with Gasteiger partial charge in [0, 0.05) is 6.54 Å². The molecule has 6 nitrogen and oxygen atoms in total. The summed E-state index contributed by atoms with van der Waals surface area (Å²) < 4.78 is 0. The van der Waals surface area contributed by atoms with Gasteiger partial charge >= 0.3 is 0 Å². The van der Waals surface area contributed by atoms with E-state index in [0.717, 1.165) is 43.8 Å². The molecule has 6 heteroatoms. The van der Waals surface area contributed by atoms with Crippen molar-refractivity contribution in [1.82, 2.24) is 26.6 Å². The van der Waals surface area contributed by atoms with Crippen molar-refractivity contribution in [3.05, 3.63) is 12.2 Å². The molecule has 0 atom stereocenters. The number of unbranched alkanes of at least 4 members (excludes halogenated alkanes) is 2. The maximum absolute atomic E-state index is 5.03. The largest absolute Gasteiger partial charge is 0.330 e. The molecule has 5 aliphatic rings. The lowest BCUT2D eigenvalue weighted by atomic mass is 10.2. The van der Waals surface area contributed by atoms with Gasteiger partial charge in [0.1, 0.15) is 0 Å². The minimum Gasteiger partial charge on any atom is -0.330 e. The van der Waals surface area contributed by atoms with Crippen LogP contribution in [0.15, 0.2) is 12.2 Å². The summed E-state index contributed by atoms with van der Waals surface area (Å²) in [5.74, 6) is 2.65. The molecule has 0 bridgehead atoms. The highest BCUT2D eigenvalue weighted by Gasteiger charge is 1.95. The topological polar surface area (TPSA) is 86.2 Å². The summed E-state index contributed by atoms with van der Waals surface area (Å²) >= 11 is 0. The average Bonchev–Trinajstić information content (AvgIpc) is 4.07. The van der Waals surface area contributed by atoms with Gasteiger partial charge in [0.15, 0.2) is 0 Å². The second-order valence-electron chi connectivity index (χ2n) is 16.5. The Kier molecular flexibility index (Phi) is 114. The molecule has 7 N–H and O–H groups in total. The van der Waals surface area contributed by atoms with Crippen LogP contribution in [0.25, 0.3) is 0 Å². The Balaban J connectivity index is -0.0000000823. The third kappa shape index (κ3) is 131. The molecule has 0 spiro atoms. The van der Waals surface area contributed by atoms with Crippen molar-refractivity contribution in [1.29, 1.82) is 0 Å². The highest BCUT2D eigenvalue weighted by molar-refractivity contribution is 4.88. The number of piperidine rings is 1. The number of hydrogen-bond acceptors (Lipinski definition) is 6. The first-order valence-corrected chi connectivity index (χ1v) is 26.9. The third-order valence-corrected chi connectivity index (χ3v) is 9.23. The molecule has 0 aromatic heterocycles. The highest BCUT2D eigenvalue weighted by atomic mass is 14.9. The van der Waals surface area contributed by atoms with E-state index >= 15 is 0 Å². The maximum Gasteiger partial charge on any atom is 0.0135 e. The molecule has 5 heterocycles. The molecule has 5 rings (SSSR count). The van der Waals surface area contributed by atoms with Gasteiger partial charge in [-0.1, -0.05) is 201 Å². The van der Waals surface area contributed by atoms with E-state index in [1.54, 1.807) is 0 Å². The Hall–Kier alpha value is -0.500. The van der Waals surface area contributed by atoms with Gasteiger partial charge in [-0.25, -0.2) is 0 Å². The standard InChI is InChI=1S/C6H13N.C5H11N.C5H9N.3C5H12.2C4H9N.2C4H10.C3H9N.2C2H6/c1-2-4-6-7-5-3-1;2*1-2-4-6-5-3-1;3*1-4-5(2)3;2*1-2-4-5-3-1;2*1-3-4-2;1-2-3-4;2*1-2/h7H,1-6H2;6H,1-5H2;1-2,6H,3-5H2;3*5H,4H2,1-3H3;2*5H,1-4H2;2*3-4H2,1-2H3;2-4H2,1H3;2*1-2H3. The van der Waals surface area contributed by atoms with Crippen molar-refractivity contribution in [2.75, 3.05) is 72.0 Å². The number of nitrogens with one attached hydrogen (secondary N) is 5. The van der Waals surface area contributed by atoms with Crippen LogP contribution in [0.1, 0.15) is 253 Å². The molecule has 4 saturated heterocycles. The molecular weight excluding hydrogens is 733 g/mol. The smallest absolute Gasteiger partial charge is 0.0135 e. The van der Waals surface area contributed by atoms with Crippen LogP contribution in [0.4, 0.5) is 0 Å². The van der Waals surface area contributed by atoms with Crippen molar-refractivity contribution >= 4 is 0 Å². The quantitative estimate of drug-likeness (QED) is 0.149. The Labute approximate surface area is 386 Å². The van der Waals surface area contributed by atoms with Crippen LogP contribution in [0, 0.1) is 17.8 Å². The van der Waals surface area contributed by atoms with Gasteiger partial charge in [-0.15, -0.1) is 0 Å². The molecule has 0 aromatic rings. The average molecular weight is 862 g/mol. The maximum atomic E-state index is 5.03. The SMILES string of the molecule is C1=CCNCC1.C1CCCNCC1.C1CCNC1.C1CCNC1.C1CCNCC1.CC.CC.CCC(C)C.CCC(C)C.CCC(C)C.CCCC.CCCC.CCCN.